The topological polar surface area (TPSA) is 34.1 Å². The Balaban J connectivity index is 4.71. The molecule has 1 unspecified atom stereocenters. The molecule has 0 fully saturated rings. The lowest BCUT2D eigenvalue weighted by Gasteiger charge is -2.25. The average molecular weight is 198 g/mol. The molecule has 0 rings (SSSR count). The molecule has 0 radical (unpaired) electrons. The smallest absolute Gasteiger partial charge is 0.148 e. The molecular formula is C12H22O2. The van der Waals surface area contributed by atoms with Gasteiger partial charge in [-0.3, -0.25) is 9.59 Å². The number of hydrogen-bond donors (Lipinski definition) is 0. The van der Waals surface area contributed by atoms with Gasteiger partial charge in [-0.15, -0.1) is 0 Å². The third kappa shape index (κ3) is 2.93. The number of Topliss-reactive ketones (excluding diaryl/α,β-unsaturated/α-hetero) is 2. The van der Waals surface area contributed by atoms with Crippen molar-refractivity contribution in [3.8, 4) is 0 Å². The summed E-state index contributed by atoms with van der Waals surface area (Å²) in [6, 6.07) is 0. The predicted molar refractivity (Wildman–Crippen MR) is 58.2 cm³/mol. The molecule has 0 saturated heterocycles. The van der Waals surface area contributed by atoms with Crippen molar-refractivity contribution in [3.63, 3.8) is 0 Å². The quantitative estimate of drug-likeness (QED) is 0.615. The third-order valence-electron chi connectivity index (χ3n) is 3.01. The molecule has 0 aliphatic heterocycles. The van der Waals surface area contributed by atoms with Gasteiger partial charge >= 0.3 is 0 Å². The summed E-state index contributed by atoms with van der Waals surface area (Å²) in [5, 5.41) is 0. The molecule has 0 saturated carbocycles. The molecule has 0 spiro atoms. The second-order valence-electron chi connectivity index (χ2n) is 4.38. The summed E-state index contributed by atoms with van der Waals surface area (Å²) in [4.78, 5) is 23.5. The zero-order valence-corrected chi connectivity index (χ0v) is 10.0. The van der Waals surface area contributed by atoms with E-state index < -0.39 is 0 Å². The van der Waals surface area contributed by atoms with Crippen LogP contribution in [0.25, 0.3) is 0 Å². The molecule has 1 atom stereocenters. The minimum Gasteiger partial charge on any atom is -0.299 e. The van der Waals surface area contributed by atoms with Gasteiger partial charge in [-0.05, 0) is 12.8 Å². The molecule has 82 valence electrons. The Morgan fingerprint density at radius 1 is 1.14 bits per heavy atom. The lowest BCUT2D eigenvalue weighted by atomic mass is 9.76. The Morgan fingerprint density at radius 2 is 1.64 bits per heavy atom. The zero-order valence-electron chi connectivity index (χ0n) is 10.0. The van der Waals surface area contributed by atoms with E-state index in [9.17, 15) is 9.59 Å². The third-order valence-corrected chi connectivity index (χ3v) is 3.01. The maximum atomic E-state index is 12.0. The van der Waals surface area contributed by atoms with Crippen molar-refractivity contribution >= 4 is 11.6 Å². The van der Waals surface area contributed by atoms with Gasteiger partial charge in [-0.1, -0.05) is 34.6 Å². The Hall–Kier alpha value is -0.660. The standard InChI is InChI=1S/C12H22O2/c1-6-9(10(13)7-2)11(14)12(4,5)8-3/h9H,6-8H2,1-5H3. The van der Waals surface area contributed by atoms with Crippen LogP contribution >= 0.6 is 0 Å². The highest BCUT2D eigenvalue weighted by Crippen LogP contribution is 2.27. The summed E-state index contributed by atoms with van der Waals surface area (Å²) in [6.07, 6.45) is 1.89. The molecule has 0 heterocycles. The first-order chi connectivity index (χ1) is 6.40. The summed E-state index contributed by atoms with van der Waals surface area (Å²) < 4.78 is 0. The van der Waals surface area contributed by atoms with Crippen LogP contribution in [-0.2, 0) is 9.59 Å². The highest BCUT2D eigenvalue weighted by atomic mass is 16.2. The van der Waals surface area contributed by atoms with Gasteiger partial charge in [0, 0.05) is 11.8 Å². The SMILES string of the molecule is CCC(=O)C(CC)C(=O)C(C)(C)CC. The fourth-order valence-electron chi connectivity index (χ4n) is 1.45. The molecule has 2 nitrogen and oxygen atoms in total. The normalized spacial score (nSPS) is 13.8. The molecule has 0 aromatic rings. The van der Waals surface area contributed by atoms with E-state index in [4.69, 9.17) is 0 Å². The van der Waals surface area contributed by atoms with Gasteiger partial charge in [0.2, 0.25) is 0 Å². The Morgan fingerprint density at radius 3 is 1.93 bits per heavy atom. The molecule has 14 heavy (non-hydrogen) atoms. The molecule has 0 aliphatic carbocycles. The van der Waals surface area contributed by atoms with Crippen molar-refractivity contribution in [2.45, 2.75) is 53.9 Å². The maximum Gasteiger partial charge on any atom is 0.148 e. The van der Waals surface area contributed by atoms with E-state index in [0.29, 0.717) is 12.8 Å². The van der Waals surface area contributed by atoms with Gasteiger partial charge in [0.25, 0.3) is 0 Å². The molecule has 0 amide bonds. The van der Waals surface area contributed by atoms with Crippen LogP contribution in [0.15, 0.2) is 0 Å². The van der Waals surface area contributed by atoms with E-state index in [1.54, 1.807) is 0 Å². The van der Waals surface area contributed by atoms with E-state index >= 15 is 0 Å². The van der Waals surface area contributed by atoms with E-state index in [0.717, 1.165) is 6.42 Å². The largest absolute Gasteiger partial charge is 0.299 e. The molecular weight excluding hydrogens is 176 g/mol. The van der Waals surface area contributed by atoms with Crippen LogP contribution in [0.1, 0.15) is 53.9 Å². The average Bonchev–Trinajstić information content (AvgIpc) is 2.18. The first-order valence-corrected chi connectivity index (χ1v) is 5.47. The van der Waals surface area contributed by atoms with Gasteiger partial charge in [0.15, 0.2) is 0 Å². The van der Waals surface area contributed by atoms with Crippen LogP contribution in [0.4, 0.5) is 0 Å². The lowest BCUT2D eigenvalue weighted by molar-refractivity contribution is -0.138. The lowest BCUT2D eigenvalue weighted by Crippen LogP contribution is -2.34. The van der Waals surface area contributed by atoms with Crippen LogP contribution in [0.2, 0.25) is 0 Å². The van der Waals surface area contributed by atoms with Crippen LogP contribution in [0, 0.1) is 11.3 Å². The molecule has 0 N–H and O–H groups in total. The summed E-state index contributed by atoms with van der Waals surface area (Å²) in [5.41, 5.74) is -0.356. The molecule has 2 heteroatoms. The van der Waals surface area contributed by atoms with E-state index in [1.807, 2.05) is 34.6 Å². The summed E-state index contributed by atoms with van der Waals surface area (Å²) in [7, 11) is 0. The van der Waals surface area contributed by atoms with E-state index in [2.05, 4.69) is 0 Å². The second kappa shape index (κ2) is 5.28. The monoisotopic (exact) mass is 198 g/mol. The first-order valence-electron chi connectivity index (χ1n) is 5.47. The summed E-state index contributed by atoms with van der Waals surface area (Å²) in [5.74, 6) is -0.191. The molecule has 0 bridgehead atoms. The Kier molecular flexibility index (Phi) is 5.03. The highest BCUT2D eigenvalue weighted by Gasteiger charge is 2.34. The predicted octanol–water partition coefficient (Wildman–Crippen LogP) is 3.00. The van der Waals surface area contributed by atoms with Gasteiger partial charge in [0.05, 0.1) is 5.92 Å². The van der Waals surface area contributed by atoms with Gasteiger partial charge < -0.3 is 0 Å². The number of hydrogen-bond acceptors (Lipinski definition) is 2. The Bertz CT molecular complexity index is 216. The van der Waals surface area contributed by atoms with Crippen LogP contribution in [0.3, 0.4) is 0 Å². The van der Waals surface area contributed by atoms with Gasteiger partial charge in [0.1, 0.15) is 11.6 Å². The van der Waals surface area contributed by atoms with E-state index in [-0.39, 0.29) is 22.9 Å². The van der Waals surface area contributed by atoms with Crippen molar-refractivity contribution in [2.75, 3.05) is 0 Å². The van der Waals surface area contributed by atoms with Gasteiger partial charge in [-0.25, -0.2) is 0 Å². The first kappa shape index (κ1) is 13.3. The van der Waals surface area contributed by atoms with Crippen LogP contribution in [0.5, 0.6) is 0 Å². The number of carbonyl (C=O) groups excluding carboxylic acids is 2. The fourth-order valence-corrected chi connectivity index (χ4v) is 1.45. The van der Waals surface area contributed by atoms with Crippen molar-refractivity contribution in [3.05, 3.63) is 0 Å². The fraction of sp³-hybridized carbons (Fsp3) is 0.833. The maximum absolute atomic E-state index is 12.0. The van der Waals surface area contributed by atoms with Crippen molar-refractivity contribution in [1.29, 1.82) is 0 Å². The number of rotatable bonds is 6. The van der Waals surface area contributed by atoms with E-state index in [1.165, 1.54) is 0 Å². The zero-order chi connectivity index (χ0) is 11.4. The molecule has 0 aromatic heterocycles. The molecule has 0 aliphatic rings. The number of carbonyl (C=O) groups is 2. The van der Waals surface area contributed by atoms with Gasteiger partial charge in [-0.2, -0.15) is 0 Å². The highest BCUT2D eigenvalue weighted by molar-refractivity contribution is 6.04. The minimum atomic E-state index is -0.380. The Labute approximate surface area is 87.1 Å². The van der Waals surface area contributed by atoms with Crippen LogP contribution < -0.4 is 0 Å². The van der Waals surface area contributed by atoms with Crippen LogP contribution in [-0.4, -0.2) is 11.6 Å². The summed E-state index contributed by atoms with van der Waals surface area (Å²) in [6.45, 7) is 9.54. The minimum absolute atomic E-state index is 0.0824. The second-order valence-corrected chi connectivity index (χ2v) is 4.38. The van der Waals surface area contributed by atoms with Crippen molar-refractivity contribution < 1.29 is 9.59 Å². The summed E-state index contributed by atoms with van der Waals surface area (Å²) >= 11 is 0. The van der Waals surface area contributed by atoms with Crippen molar-refractivity contribution in [1.82, 2.24) is 0 Å². The molecule has 0 aromatic carbocycles. The van der Waals surface area contributed by atoms with Crippen molar-refractivity contribution in [2.24, 2.45) is 11.3 Å². The number of ketones is 2.